The summed E-state index contributed by atoms with van der Waals surface area (Å²) < 4.78 is 15.1. The van der Waals surface area contributed by atoms with Crippen LogP contribution in [0, 0.1) is 5.92 Å². The topological polar surface area (TPSA) is 52.7 Å². The van der Waals surface area contributed by atoms with E-state index in [9.17, 15) is 9.59 Å². The number of hydrogen-bond donors (Lipinski definition) is 1. The second-order valence-corrected chi connectivity index (χ2v) is 12.6. The molecular formula is C35H42FN3O2. The van der Waals surface area contributed by atoms with Crippen LogP contribution in [0.5, 0.6) is 0 Å². The van der Waals surface area contributed by atoms with Gasteiger partial charge in [-0.15, -0.1) is 0 Å². The van der Waals surface area contributed by atoms with Crippen molar-refractivity contribution in [2.45, 2.75) is 77.6 Å². The van der Waals surface area contributed by atoms with Crippen LogP contribution in [0.3, 0.4) is 0 Å². The molecule has 3 atom stereocenters. The Hall–Kier alpha value is -3.67. The highest BCUT2D eigenvalue weighted by Crippen LogP contribution is 2.39. The van der Waals surface area contributed by atoms with E-state index in [0.29, 0.717) is 25.0 Å². The molecule has 2 amide bonds. The number of carbonyl (C=O) groups is 2. The SMILES string of the molecule is CC1=C(C(=O)N2CCCC(C(=O)Nc3cccc(C(C)(C)C)c3)[C@@H]2c2ccc(CN3C=CCC3)cc2)C(F)CC=C1. The summed E-state index contributed by atoms with van der Waals surface area (Å²) in [6.07, 6.45) is 9.17. The third-order valence-electron chi connectivity index (χ3n) is 8.51. The average molecular weight is 556 g/mol. The van der Waals surface area contributed by atoms with Gasteiger partial charge in [-0.25, -0.2) is 4.39 Å². The summed E-state index contributed by atoms with van der Waals surface area (Å²) in [4.78, 5) is 31.9. The zero-order valence-electron chi connectivity index (χ0n) is 24.7. The van der Waals surface area contributed by atoms with E-state index in [-0.39, 0.29) is 29.2 Å². The minimum Gasteiger partial charge on any atom is -0.373 e. The molecule has 2 unspecified atom stereocenters. The van der Waals surface area contributed by atoms with Gasteiger partial charge in [-0.3, -0.25) is 9.59 Å². The third kappa shape index (κ3) is 6.47. The Morgan fingerprint density at radius 2 is 1.83 bits per heavy atom. The van der Waals surface area contributed by atoms with Gasteiger partial charge < -0.3 is 15.1 Å². The number of rotatable bonds is 6. The summed E-state index contributed by atoms with van der Waals surface area (Å²) in [5.41, 5.74) is 4.79. The Balaban J connectivity index is 1.46. The molecule has 1 fully saturated rings. The second-order valence-electron chi connectivity index (χ2n) is 12.6. The number of likely N-dealkylation sites (tertiary alicyclic amines) is 1. The second kappa shape index (κ2) is 12.1. The van der Waals surface area contributed by atoms with Crippen LogP contribution in [0.1, 0.15) is 76.1 Å². The van der Waals surface area contributed by atoms with E-state index in [0.717, 1.165) is 36.3 Å². The highest BCUT2D eigenvalue weighted by atomic mass is 19.1. The molecule has 2 aliphatic heterocycles. The van der Waals surface area contributed by atoms with Crippen LogP contribution in [-0.2, 0) is 21.5 Å². The summed E-state index contributed by atoms with van der Waals surface area (Å²) >= 11 is 0. The monoisotopic (exact) mass is 555 g/mol. The van der Waals surface area contributed by atoms with Crippen LogP contribution in [0.25, 0.3) is 0 Å². The number of allylic oxidation sites excluding steroid dienone is 3. The number of carbonyl (C=O) groups excluding carboxylic acids is 2. The summed E-state index contributed by atoms with van der Waals surface area (Å²) in [5, 5.41) is 3.15. The van der Waals surface area contributed by atoms with Gasteiger partial charge >= 0.3 is 0 Å². The first-order valence-electron chi connectivity index (χ1n) is 14.8. The van der Waals surface area contributed by atoms with Crippen LogP contribution in [0.15, 0.2) is 84.1 Å². The van der Waals surface area contributed by atoms with Gasteiger partial charge in [-0.1, -0.05) is 75.4 Å². The van der Waals surface area contributed by atoms with Crippen molar-refractivity contribution in [3.8, 4) is 0 Å². The molecule has 41 heavy (non-hydrogen) atoms. The van der Waals surface area contributed by atoms with Crippen LogP contribution < -0.4 is 5.32 Å². The first-order valence-corrected chi connectivity index (χ1v) is 14.8. The number of benzene rings is 2. The average Bonchev–Trinajstić information content (AvgIpc) is 3.46. The lowest BCUT2D eigenvalue weighted by Crippen LogP contribution is -2.48. The molecule has 0 saturated carbocycles. The molecule has 2 aromatic carbocycles. The molecule has 5 rings (SSSR count). The van der Waals surface area contributed by atoms with E-state index in [2.05, 4.69) is 61.5 Å². The van der Waals surface area contributed by atoms with E-state index >= 15 is 4.39 Å². The van der Waals surface area contributed by atoms with Gasteiger partial charge in [-0.05, 0) is 72.2 Å². The highest BCUT2D eigenvalue weighted by Gasteiger charge is 2.41. The Kier molecular flexibility index (Phi) is 8.48. The first kappa shape index (κ1) is 28.8. The lowest BCUT2D eigenvalue weighted by Gasteiger charge is -2.42. The molecule has 0 bridgehead atoms. The highest BCUT2D eigenvalue weighted by molar-refractivity contribution is 5.98. The minimum absolute atomic E-state index is 0.0487. The maximum absolute atomic E-state index is 15.1. The number of nitrogens with zero attached hydrogens (tertiary/aromatic N) is 2. The standard InChI is InChI=1S/C35H42FN3O2/c1-24-10-7-14-30(36)31(24)34(41)39-21-9-13-29(33(40)37-28-12-8-11-27(22-28)35(2,3)4)32(39)26-17-15-25(16-18-26)23-38-19-5-6-20-38/h5,7-8,10-12,15-19,22,29-30,32H,6,9,13-14,20-21,23H2,1-4H3,(H,37,40)/t29?,30?,32-/m0/s1. The number of halogens is 1. The van der Waals surface area contributed by atoms with Gasteiger partial charge in [-0.2, -0.15) is 0 Å². The smallest absolute Gasteiger partial charge is 0.253 e. The molecule has 1 aliphatic carbocycles. The van der Waals surface area contributed by atoms with E-state index in [1.54, 1.807) is 17.9 Å². The Bertz CT molecular complexity index is 1370. The van der Waals surface area contributed by atoms with Crippen molar-refractivity contribution in [2.24, 2.45) is 5.92 Å². The van der Waals surface area contributed by atoms with Crippen molar-refractivity contribution < 1.29 is 14.0 Å². The van der Waals surface area contributed by atoms with E-state index < -0.39 is 18.1 Å². The van der Waals surface area contributed by atoms with Crippen LogP contribution in [-0.4, -0.2) is 40.9 Å². The molecule has 3 aliphatic rings. The van der Waals surface area contributed by atoms with Gasteiger partial charge in [0.05, 0.1) is 17.5 Å². The normalized spacial score (nSPS) is 22.8. The summed E-state index contributed by atoms with van der Waals surface area (Å²) in [5.74, 6) is -0.879. The fourth-order valence-electron chi connectivity index (χ4n) is 6.21. The largest absolute Gasteiger partial charge is 0.373 e. The number of hydrogen-bond acceptors (Lipinski definition) is 3. The predicted octanol–water partition coefficient (Wildman–Crippen LogP) is 7.24. The molecule has 6 heteroatoms. The molecule has 1 N–H and O–H groups in total. The van der Waals surface area contributed by atoms with Gasteiger partial charge in [0.1, 0.15) is 6.17 Å². The summed E-state index contributed by atoms with van der Waals surface area (Å²) in [6.45, 7) is 10.6. The first-order chi connectivity index (χ1) is 19.6. The maximum Gasteiger partial charge on any atom is 0.253 e. The van der Waals surface area contributed by atoms with Crippen molar-refractivity contribution in [1.82, 2.24) is 9.80 Å². The van der Waals surface area contributed by atoms with Crippen LogP contribution >= 0.6 is 0 Å². The van der Waals surface area contributed by atoms with Gasteiger partial charge in [0.2, 0.25) is 5.91 Å². The zero-order chi connectivity index (χ0) is 29.1. The molecule has 2 aromatic rings. The summed E-state index contributed by atoms with van der Waals surface area (Å²) in [6, 6.07) is 15.7. The van der Waals surface area contributed by atoms with Crippen molar-refractivity contribution in [3.05, 3.63) is 101 Å². The van der Waals surface area contributed by atoms with Crippen molar-refractivity contribution in [2.75, 3.05) is 18.4 Å². The molecule has 2 heterocycles. The minimum atomic E-state index is -1.33. The van der Waals surface area contributed by atoms with Crippen molar-refractivity contribution in [3.63, 3.8) is 0 Å². The lowest BCUT2D eigenvalue weighted by molar-refractivity contribution is -0.136. The number of alkyl halides is 1. The molecule has 1 saturated heterocycles. The van der Waals surface area contributed by atoms with E-state index in [4.69, 9.17) is 0 Å². The lowest BCUT2D eigenvalue weighted by atomic mass is 9.82. The maximum atomic E-state index is 15.1. The van der Waals surface area contributed by atoms with Crippen LogP contribution in [0.4, 0.5) is 10.1 Å². The molecule has 0 spiro atoms. The van der Waals surface area contributed by atoms with Crippen molar-refractivity contribution >= 4 is 17.5 Å². The molecule has 0 radical (unpaired) electrons. The zero-order valence-corrected chi connectivity index (χ0v) is 24.7. The van der Waals surface area contributed by atoms with Gasteiger partial charge in [0, 0.05) is 31.7 Å². The van der Waals surface area contributed by atoms with Gasteiger partial charge in [0.25, 0.3) is 5.91 Å². The predicted molar refractivity (Wildman–Crippen MR) is 163 cm³/mol. The molecular weight excluding hydrogens is 513 g/mol. The Labute approximate surface area is 243 Å². The number of nitrogens with one attached hydrogen (secondary N) is 1. The van der Waals surface area contributed by atoms with E-state index in [1.807, 2.05) is 36.4 Å². The number of anilines is 1. The molecule has 5 nitrogen and oxygen atoms in total. The number of piperidine rings is 1. The third-order valence-corrected chi connectivity index (χ3v) is 8.51. The quantitative estimate of drug-likeness (QED) is 0.409. The van der Waals surface area contributed by atoms with E-state index in [1.165, 1.54) is 5.56 Å². The van der Waals surface area contributed by atoms with Crippen molar-refractivity contribution in [1.29, 1.82) is 0 Å². The Morgan fingerprint density at radius 1 is 1.05 bits per heavy atom. The fourth-order valence-corrected chi connectivity index (χ4v) is 6.21. The van der Waals surface area contributed by atoms with Crippen LogP contribution in [0.2, 0.25) is 0 Å². The Morgan fingerprint density at radius 3 is 2.51 bits per heavy atom. The molecule has 0 aromatic heterocycles. The van der Waals surface area contributed by atoms with Gasteiger partial charge in [0.15, 0.2) is 0 Å². The molecule has 216 valence electrons. The summed E-state index contributed by atoms with van der Waals surface area (Å²) in [7, 11) is 0. The fraction of sp³-hybridized carbons (Fsp3) is 0.429. The number of amides is 2.